The van der Waals surface area contributed by atoms with Crippen molar-refractivity contribution in [3.05, 3.63) is 23.8 Å². The van der Waals surface area contributed by atoms with E-state index in [0.717, 1.165) is 19.3 Å². The second-order valence-electron chi connectivity index (χ2n) is 3.85. The lowest BCUT2D eigenvalue weighted by Gasteiger charge is -2.12. The van der Waals surface area contributed by atoms with Crippen molar-refractivity contribution in [3.63, 3.8) is 0 Å². The monoisotopic (exact) mass is 210 g/mol. The van der Waals surface area contributed by atoms with Gasteiger partial charge in [0.15, 0.2) is 0 Å². The molecule has 0 heterocycles. The Balaban J connectivity index is 4.07. The Morgan fingerprint density at radius 2 is 1.93 bits per heavy atom. The maximum absolute atomic E-state index is 10.9. The number of esters is 1. The number of allylic oxidation sites excluding steroid dienone is 3. The fraction of sp³-hybridized carbons (Fsp3) is 0.615. The minimum absolute atomic E-state index is 0.0750. The van der Waals surface area contributed by atoms with Gasteiger partial charge in [-0.1, -0.05) is 24.6 Å². The van der Waals surface area contributed by atoms with E-state index >= 15 is 0 Å². The molecule has 0 rings (SSSR count). The molecule has 15 heavy (non-hydrogen) atoms. The highest BCUT2D eigenvalue weighted by molar-refractivity contribution is 5.66. The third-order valence-electron chi connectivity index (χ3n) is 1.86. The maximum Gasteiger partial charge on any atom is 0.303 e. The third kappa shape index (κ3) is 9.26. The van der Waals surface area contributed by atoms with Crippen molar-refractivity contribution >= 4 is 5.97 Å². The van der Waals surface area contributed by atoms with E-state index in [1.165, 1.54) is 12.5 Å². The largest absolute Gasteiger partial charge is 0.458 e. The molecule has 0 radical (unpaired) electrons. The van der Waals surface area contributed by atoms with E-state index in [0.29, 0.717) is 0 Å². The normalized spacial score (nSPS) is 12.5. The van der Waals surface area contributed by atoms with Crippen LogP contribution in [0.1, 0.15) is 47.0 Å². The zero-order valence-electron chi connectivity index (χ0n) is 10.2. The zero-order chi connectivity index (χ0) is 11.7. The zero-order valence-corrected chi connectivity index (χ0v) is 10.2. The highest BCUT2D eigenvalue weighted by Gasteiger charge is 2.07. The molecule has 0 saturated carbocycles. The van der Waals surface area contributed by atoms with E-state index < -0.39 is 0 Å². The van der Waals surface area contributed by atoms with Gasteiger partial charge in [-0.25, -0.2) is 0 Å². The lowest BCUT2D eigenvalue weighted by molar-refractivity contribution is -0.144. The van der Waals surface area contributed by atoms with E-state index in [2.05, 4.69) is 19.1 Å². The molecular formula is C13H22O2. The van der Waals surface area contributed by atoms with Gasteiger partial charge in [0.05, 0.1) is 0 Å². The van der Waals surface area contributed by atoms with Gasteiger partial charge in [-0.3, -0.25) is 4.79 Å². The van der Waals surface area contributed by atoms with Gasteiger partial charge in [0.1, 0.15) is 6.10 Å². The summed E-state index contributed by atoms with van der Waals surface area (Å²) in [6.07, 6.45) is 9.07. The number of carbonyl (C=O) groups excluding carboxylic acids is 1. The Kier molecular flexibility index (Phi) is 7.69. The summed E-state index contributed by atoms with van der Waals surface area (Å²) >= 11 is 0. The van der Waals surface area contributed by atoms with E-state index in [1.807, 2.05) is 19.9 Å². The SMILES string of the molecule is CC/C=C/CCC(C=C(C)C)OC(C)=O. The minimum Gasteiger partial charge on any atom is -0.458 e. The van der Waals surface area contributed by atoms with Crippen LogP contribution >= 0.6 is 0 Å². The maximum atomic E-state index is 10.9. The summed E-state index contributed by atoms with van der Waals surface area (Å²) in [6.45, 7) is 7.58. The first kappa shape index (κ1) is 13.9. The molecule has 0 aliphatic heterocycles. The third-order valence-corrected chi connectivity index (χ3v) is 1.86. The average Bonchev–Trinajstić information content (AvgIpc) is 2.10. The van der Waals surface area contributed by atoms with Crippen molar-refractivity contribution in [1.82, 2.24) is 0 Å². The molecule has 0 bridgehead atoms. The number of carbonyl (C=O) groups is 1. The Labute approximate surface area is 93.0 Å². The predicted molar refractivity (Wildman–Crippen MR) is 63.7 cm³/mol. The molecule has 1 atom stereocenters. The fourth-order valence-corrected chi connectivity index (χ4v) is 1.31. The van der Waals surface area contributed by atoms with Gasteiger partial charge < -0.3 is 4.74 Å². The van der Waals surface area contributed by atoms with Gasteiger partial charge in [-0.15, -0.1) is 0 Å². The van der Waals surface area contributed by atoms with E-state index in [4.69, 9.17) is 4.74 Å². The first-order valence-electron chi connectivity index (χ1n) is 5.53. The van der Waals surface area contributed by atoms with Gasteiger partial charge in [0.2, 0.25) is 0 Å². The number of ether oxygens (including phenoxy) is 1. The van der Waals surface area contributed by atoms with Crippen LogP contribution < -0.4 is 0 Å². The van der Waals surface area contributed by atoms with Crippen LogP contribution in [0.5, 0.6) is 0 Å². The minimum atomic E-state index is -0.211. The van der Waals surface area contributed by atoms with Crippen molar-refractivity contribution in [2.24, 2.45) is 0 Å². The van der Waals surface area contributed by atoms with Crippen LogP contribution in [0.4, 0.5) is 0 Å². The second kappa shape index (κ2) is 8.27. The van der Waals surface area contributed by atoms with Gasteiger partial charge in [0, 0.05) is 6.92 Å². The lowest BCUT2D eigenvalue weighted by atomic mass is 10.1. The van der Waals surface area contributed by atoms with Crippen LogP contribution in [0.2, 0.25) is 0 Å². The van der Waals surface area contributed by atoms with Crippen molar-refractivity contribution < 1.29 is 9.53 Å². The van der Waals surface area contributed by atoms with Gasteiger partial charge in [-0.2, -0.15) is 0 Å². The fourth-order valence-electron chi connectivity index (χ4n) is 1.31. The molecule has 0 aromatic rings. The van der Waals surface area contributed by atoms with Crippen LogP contribution in [0.15, 0.2) is 23.8 Å². The van der Waals surface area contributed by atoms with Crippen molar-refractivity contribution in [2.75, 3.05) is 0 Å². The quantitative estimate of drug-likeness (QED) is 0.494. The molecular weight excluding hydrogens is 188 g/mol. The van der Waals surface area contributed by atoms with Crippen LogP contribution in [0, 0.1) is 0 Å². The predicted octanol–water partition coefficient (Wildman–Crippen LogP) is 3.63. The summed E-state index contributed by atoms with van der Waals surface area (Å²) in [4.78, 5) is 10.9. The molecule has 0 saturated heterocycles. The van der Waals surface area contributed by atoms with Crippen molar-refractivity contribution in [2.45, 2.75) is 53.1 Å². The second-order valence-corrected chi connectivity index (χ2v) is 3.85. The van der Waals surface area contributed by atoms with Crippen LogP contribution in [-0.4, -0.2) is 12.1 Å². The summed E-state index contributed by atoms with van der Waals surface area (Å²) < 4.78 is 5.19. The number of hydrogen-bond acceptors (Lipinski definition) is 2. The Morgan fingerprint density at radius 3 is 2.40 bits per heavy atom. The molecule has 2 nitrogen and oxygen atoms in total. The molecule has 0 aromatic heterocycles. The summed E-state index contributed by atoms with van der Waals surface area (Å²) in [7, 11) is 0. The first-order chi connectivity index (χ1) is 7.06. The molecule has 1 unspecified atom stereocenters. The topological polar surface area (TPSA) is 26.3 Å². The number of rotatable bonds is 6. The Bertz CT molecular complexity index is 235. The highest BCUT2D eigenvalue weighted by Crippen LogP contribution is 2.08. The standard InChI is InChI=1S/C13H22O2/c1-5-6-7-8-9-13(10-11(2)3)15-12(4)14/h6-7,10,13H,5,8-9H2,1-4H3/b7-6+. The molecule has 2 heteroatoms. The summed E-state index contributed by atoms with van der Waals surface area (Å²) in [5, 5.41) is 0. The summed E-state index contributed by atoms with van der Waals surface area (Å²) in [5.74, 6) is -0.211. The van der Waals surface area contributed by atoms with Crippen molar-refractivity contribution in [1.29, 1.82) is 0 Å². The van der Waals surface area contributed by atoms with E-state index in [1.54, 1.807) is 0 Å². The van der Waals surface area contributed by atoms with E-state index in [9.17, 15) is 4.79 Å². The lowest BCUT2D eigenvalue weighted by Crippen LogP contribution is -2.13. The summed E-state index contributed by atoms with van der Waals surface area (Å²) in [5.41, 5.74) is 1.18. The van der Waals surface area contributed by atoms with Gasteiger partial charge >= 0.3 is 5.97 Å². The van der Waals surface area contributed by atoms with Gasteiger partial charge in [-0.05, 0) is 39.2 Å². The molecule has 0 fully saturated rings. The molecule has 0 spiro atoms. The first-order valence-corrected chi connectivity index (χ1v) is 5.53. The highest BCUT2D eigenvalue weighted by atomic mass is 16.5. The molecule has 0 N–H and O–H groups in total. The Morgan fingerprint density at radius 1 is 1.27 bits per heavy atom. The van der Waals surface area contributed by atoms with Crippen LogP contribution in [0.25, 0.3) is 0 Å². The summed E-state index contributed by atoms with van der Waals surface area (Å²) in [6, 6.07) is 0. The molecule has 0 aliphatic carbocycles. The number of hydrogen-bond donors (Lipinski definition) is 0. The van der Waals surface area contributed by atoms with Crippen LogP contribution in [0.3, 0.4) is 0 Å². The molecule has 0 aromatic carbocycles. The van der Waals surface area contributed by atoms with E-state index in [-0.39, 0.29) is 12.1 Å². The van der Waals surface area contributed by atoms with Crippen LogP contribution in [-0.2, 0) is 9.53 Å². The average molecular weight is 210 g/mol. The molecule has 0 aliphatic rings. The Hall–Kier alpha value is -1.05. The van der Waals surface area contributed by atoms with Crippen molar-refractivity contribution in [3.8, 4) is 0 Å². The molecule has 0 amide bonds. The molecule has 86 valence electrons. The van der Waals surface area contributed by atoms with Gasteiger partial charge in [0.25, 0.3) is 0 Å². The smallest absolute Gasteiger partial charge is 0.303 e.